The van der Waals surface area contributed by atoms with Gasteiger partial charge in [-0.15, -0.1) is 0 Å². The molecule has 0 spiro atoms. The lowest BCUT2D eigenvalue weighted by Crippen LogP contribution is -2.13. The molecule has 2 aromatic rings. The van der Waals surface area contributed by atoms with Crippen molar-refractivity contribution in [1.82, 2.24) is 9.97 Å². The van der Waals surface area contributed by atoms with Crippen molar-refractivity contribution >= 4 is 11.5 Å². The van der Waals surface area contributed by atoms with Crippen LogP contribution in [0.2, 0.25) is 0 Å². The van der Waals surface area contributed by atoms with Gasteiger partial charge in [0.15, 0.2) is 0 Å². The number of rotatable bonds is 6. The molecule has 0 radical (unpaired) electrons. The first-order chi connectivity index (χ1) is 10.1. The van der Waals surface area contributed by atoms with Crippen LogP contribution in [0, 0.1) is 0 Å². The fourth-order valence-corrected chi connectivity index (χ4v) is 2.07. The zero-order chi connectivity index (χ0) is 15.2. The molecule has 0 fully saturated rings. The van der Waals surface area contributed by atoms with E-state index in [1.54, 1.807) is 0 Å². The lowest BCUT2D eigenvalue weighted by atomic mass is 10.1. The highest BCUT2D eigenvalue weighted by Gasteiger charge is 2.05. The largest absolute Gasteiger partial charge is 0.340 e. The fraction of sp³-hybridized carbons (Fsp3) is 0.375. The number of anilines is 2. The molecule has 1 aromatic heterocycles. The highest BCUT2D eigenvalue weighted by molar-refractivity contribution is 5.56. The van der Waals surface area contributed by atoms with Crippen LogP contribution in [0.15, 0.2) is 35.1 Å². The standard InChI is InChI=1S/C16H22N4O/c1-11(2)16-19-14(10-15(21)20-16)18-13-7-3-5-12(9-13)6-4-8-17/h3,5,7,9-11H,4,6,8,17H2,1-2H3,(H2,18,19,20,21). The van der Waals surface area contributed by atoms with E-state index in [1.807, 2.05) is 26.0 Å². The van der Waals surface area contributed by atoms with Gasteiger partial charge < -0.3 is 16.0 Å². The molecule has 4 N–H and O–H groups in total. The summed E-state index contributed by atoms with van der Waals surface area (Å²) in [6.45, 7) is 4.68. The maximum absolute atomic E-state index is 11.7. The van der Waals surface area contributed by atoms with Gasteiger partial charge in [0.1, 0.15) is 11.6 Å². The number of H-pyrrole nitrogens is 1. The predicted octanol–water partition coefficient (Wildman–Crippen LogP) is 2.53. The minimum absolute atomic E-state index is 0.143. The molecule has 0 saturated heterocycles. The summed E-state index contributed by atoms with van der Waals surface area (Å²) in [7, 11) is 0. The number of aromatic amines is 1. The molecule has 0 aliphatic heterocycles. The number of nitrogens with two attached hydrogens (primary N) is 1. The molecule has 0 unspecified atom stereocenters. The second-order valence-electron chi connectivity index (χ2n) is 5.39. The van der Waals surface area contributed by atoms with Gasteiger partial charge in [0.05, 0.1) is 0 Å². The second-order valence-corrected chi connectivity index (χ2v) is 5.39. The first-order valence-corrected chi connectivity index (χ1v) is 7.26. The van der Waals surface area contributed by atoms with Crippen molar-refractivity contribution in [3.05, 3.63) is 52.1 Å². The quantitative estimate of drug-likeness (QED) is 0.762. The van der Waals surface area contributed by atoms with Crippen molar-refractivity contribution in [2.24, 2.45) is 5.73 Å². The molecule has 0 aliphatic rings. The summed E-state index contributed by atoms with van der Waals surface area (Å²) >= 11 is 0. The van der Waals surface area contributed by atoms with Gasteiger partial charge in [-0.05, 0) is 37.1 Å². The first kappa shape index (κ1) is 15.3. The van der Waals surface area contributed by atoms with Crippen molar-refractivity contribution in [2.75, 3.05) is 11.9 Å². The number of aryl methyl sites for hydroxylation is 1. The maximum atomic E-state index is 11.7. The van der Waals surface area contributed by atoms with E-state index in [2.05, 4.69) is 27.4 Å². The minimum atomic E-state index is -0.143. The highest BCUT2D eigenvalue weighted by atomic mass is 16.1. The molecule has 21 heavy (non-hydrogen) atoms. The fourth-order valence-electron chi connectivity index (χ4n) is 2.07. The van der Waals surface area contributed by atoms with Gasteiger partial charge >= 0.3 is 0 Å². The Kier molecular flexibility index (Phi) is 5.11. The van der Waals surface area contributed by atoms with E-state index in [4.69, 9.17) is 5.73 Å². The Bertz CT molecular complexity index is 649. The minimum Gasteiger partial charge on any atom is -0.340 e. The van der Waals surface area contributed by atoms with Crippen molar-refractivity contribution < 1.29 is 0 Å². The van der Waals surface area contributed by atoms with Gasteiger partial charge in [0.2, 0.25) is 0 Å². The normalized spacial score (nSPS) is 10.9. The summed E-state index contributed by atoms with van der Waals surface area (Å²) in [5.74, 6) is 1.43. The van der Waals surface area contributed by atoms with Crippen LogP contribution in [0.25, 0.3) is 0 Å². The third kappa shape index (κ3) is 4.43. The van der Waals surface area contributed by atoms with Crippen LogP contribution >= 0.6 is 0 Å². The molecule has 1 heterocycles. The third-order valence-electron chi connectivity index (χ3n) is 3.18. The molecule has 1 aromatic carbocycles. The third-order valence-corrected chi connectivity index (χ3v) is 3.18. The van der Waals surface area contributed by atoms with Gasteiger partial charge in [-0.25, -0.2) is 4.98 Å². The van der Waals surface area contributed by atoms with Gasteiger partial charge in [-0.3, -0.25) is 4.79 Å². The topological polar surface area (TPSA) is 83.8 Å². The molecule has 0 bridgehead atoms. The highest BCUT2D eigenvalue weighted by Crippen LogP contribution is 2.17. The van der Waals surface area contributed by atoms with E-state index in [-0.39, 0.29) is 11.5 Å². The van der Waals surface area contributed by atoms with Gasteiger partial charge in [-0.1, -0.05) is 26.0 Å². The molecule has 0 saturated carbocycles. The Balaban J connectivity index is 2.19. The molecule has 0 atom stereocenters. The Morgan fingerprint density at radius 3 is 2.86 bits per heavy atom. The van der Waals surface area contributed by atoms with E-state index in [0.717, 1.165) is 18.5 Å². The summed E-state index contributed by atoms with van der Waals surface area (Å²) in [5.41, 5.74) is 7.54. The zero-order valence-electron chi connectivity index (χ0n) is 12.5. The zero-order valence-corrected chi connectivity index (χ0v) is 12.5. The van der Waals surface area contributed by atoms with E-state index >= 15 is 0 Å². The van der Waals surface area contributed by atoms with Crippen LogP contribution in [0.1, 0.15) is 37.6 Å². The molecular formula is C16H22N4O. The molecule has 112 valence electrons. The Morgan fingerprint density at radius 2 is 2.14 bits per heavy atom. The Hall–Kier alpha value is -2.14. The van der Waals surface area contributed by atoms with Crippen molar-refractivity contribution in [3.8, 4) is 0 Å². The molecule has 5 heteroatoms. The lowest BCUT2D eigenvalue weighted by molar-refractivity contribution is 0.769. The average Bonchev–Trinajstić information content (AvgIpc) is 2.45. The van der Waals surface area contributed by atoms with E-state index in [1.165, 1.54) is 11.6 Å². The summed E-state index contributed by atoms with van der Waals surface area (Å²) in [6, 6.07) is 9.56. The van der Waals surface area contributed by atoms with Crippen LogP contribution in [0.4, 0.5) is 11.5 Å². The van der Waals surface area contributed by atoms with Crippen LogP contribution in [-0.2, 0) is 6.42 Å². The number of nitrogens with zero attached hydrogens (tertiary/aromatic N) is 1. The Labute approximate surface area is 124 Å². The van der Waals surface area contributed by atoms with Crippen molar-refractivity contribution in [2.45, 2.75) is 32.6 Å². The molecule has 5 nitrogen and oxygen atoms in total. The number of benzene rings is 1. The van der Waals surface area contributed by atoms with Crippen LogP contribution in [0.5, 0.6) is 0 Å². The van der Waals surface area contributed by atoms with Gasteiger partial charge in [0.25, 0.3) is 5.56 Å². The number of nitrogens with one attached hydrogen (secondary N) is 2. The molecule has 2 rings (SSSR count). The lowest BCUT2D eigenvalue weighted by Gasteiger charge is -2.10. The number of hydrogen-bond acceptors (Lipinski definition) is 4. The van der Waals surface area contributed by atoms with Crippen LogP contribution in [0.3, 0.4) is 0 Å². The molecule has 0 aliphatic carbocycles. The SMILES string of the molecule is CC(C)c1nc(Nc2cccc(CCCN)c2)cc(=O)[nH]1. The van der Waals surface area contributed by atoms with E-state index in [9.17, 15) is 4.79 Å². The summed E-state index contributed by atoms with van der Waals surface area (Å²) in [4.78, 5) is 18.8. The van der Waals surface area contributed by atoms with E-state index in [0.29, 0.717) is 18.2 Å². The maximum Gasteiger partial charge on any atom is 0.252 e. The summed E-state index contributed by atoms with van der Waals surface area (Å²) < 4.78 is 0. The predicted molar refractivity (Wildman–Crippen MR) is 86.0 cm³/mol. The monoisotopic (exact) mass is 286 g/mol. The smallest absolute Gasteiger partial charge is 0.252 e. The second kappa shape index (κ2) is 7.04. The first-order valence-electron chi connectivity index (χ1n) is 7.26. The van der Waals surface area contributed by atoms with Crippen LogP contribution < -0.4 is 16.6 Å². The van der Waals surface area contributed by atoms with E-state index < -0.39 is 0 Å². The van der Waals surface area contributed by atoms with Crippen molar-refractivity contribution in [1.29, 1.82) is 0 Å². The molecular weight excluding hydrogens is 264 g/mol. The summed E-state index contributed by atoms with van der Waals surface area (Å²) in [5, 5.41) is 3.19. The average molecular weight is 286 g/mol. The Morgan fingerprint density at radius 1 is 1.33 bits per heavy atom. The number of aromatic nitrogens is 2. The molecule has 0 amide bonds. The number of hydrogen-bond donors (Lipinski definition) is 3. The van der Waals surface area contributed by atoms with Crippen LogP contribution in [-0.4, -0.2) is 16.5 Å². The van der Waals surface area contributed by atoms with Gasteiger partial charge in [0, 0.05) is 17.7 Å². The van der Waals surface area contributed by atoms with Crippen molar-refractivity contribution in [3.63, 3.8) is 0 Å². The van der Waals surface area contributed by atoms with Gasteiger partial charge in [-0.2, -0.15) is 0 Å². The summed E-state index contributed by atoms with van der Waals surface area (Å²) in [6.07, 6.45) is 1.91.